The van der Waals surface area contributed by atoms with Crippen molar-refractivity contribution in [3.63, 3.8) is 0 Å². The van der Waals surface area contributed by atoms with Gasteiger partial charge in [0.05, 0.1) is 7.11 Å². The normalized spacial score (nSPS) is 12.3. The van der Waals surface area contributed by atoms with Gasteiger partial charge in [0.2, 0.25) is 0 Å². The van der Waals surface area contributed by atoms with Crippen molar-refractivity contribution in [1.82, 2.24) is 0 Å². The molecule has 0 aliphatic rings. The molecular formula is C16H17ClO2. The monoisotopic (exact) mass is 276 g/mol. The van der Waals surface area contributed by atoms with Crippen molar-refractivity contribution >= 4 is 11.6 Å². The summed E-state index contributed by atoms with van der Waals surface area (Å²) in [5, 5.41) is 11.2. The Morgan fingerprint density at radius 2 is 1.74 bits per heavy atom. The Morgan fingerprint density at radius 1 is 1.11 bits per heavy atom. The summed E-state index contributed by atoms with van der Waals surface area (Å²) >= 11 is 5.87. The first-order valence-corrected chi connectivity index (χ1v) is 6.49. The second-order valence-electron chi connectivity index (χ2n) is 4.65. The van der Waals surface area contributed by atoms with Crippen LogP contribution in [0.1, 0.15) is 28.4 Å². The molecule has 0 fully saturated rings. The average molecular weight is 277 g/mol. The van der Waals surface area contributed by atoms with Crippen LogP contribution in [0, 0.1) is 13.8 Å². The Bertz CT molecular complexity index is 576. The van der Waals surface area contributed by atoms with Gasteiger partial charge in [-0.1, -0.05) is 29.8 Å². The van der Waals surface area contributed by atoms with Crippen LogP contribution in [0.5, 0.6) is 5.75 Å². The van der Waals surface area contributed by atoms with Crippen LogP contribution in [-0.2, 0) is 0 Å². The number of benzene rings is 2. The number of aliphatic hydroxyl groups excluding tert-OH is 1. The van der Waals surface area contributed by atoms with E-state index in [2.05, 4.69) is 0 Å². The molecule has 2 aromatic carbocycles. The maximum atomic E-state index is 10.5. The number of aliphatic hydroxyl groups is 1. The minimum Gasteiger partial charge on any atom is -0.496 e. The molecule has 0 radical (unpaired) electrons. The maximum absolute atomic E-state index is 10.5. The van der Waals surface area contributed by atoms with Crippen molar-refractivity contribution in [1.29, 1.82) is 0 Å². The molecule has 2 nitrogen and oxygen atoms in total. The van der Waals surface area contributed by atoms with Crippen LogP contribution in [0.3, 0.4) is 0 Å². The van der Waals surface area contributed by atoms with Crippen LogP contribution in [0.4, 0.5) is 0 Å². The number of halogens is 1. The number of ether oxygens (including phenoxy) is 1. The molecule has 3 heteroatoms. The summed E-state index contributed by atoms with van der Waals surface area (Å²) in [6, 6.07) is 11.2. The highest BCUT2D eigenvalue weighted by molar-refractivity contribution is 6.30. The minimum absolute atomic E-state index is 0.656. The lowest BCUT2D eigenvalue weighted by molar-refractivity contribution is 0.214. The third-order valence-electron chi connectivity index (χ3n) is 3.17. The van der Waals surface area contributed by atoms with E-state index in [9.17, 15) is 5.11 Å². The summed E-state index contributed by atoms with van der Waals surface area (Å²) in [4.78, 5) is 0. The molecule has 0 aliphatic carbocycles. The van der Waals surface area contributed by atoms with Crippen LogP contribution in [0.25, 0.3) is 0 Å². The fraction of sp³-hybridized carbons (Fsp3) is 0.250. The van der Waals surface area contributed by atoms with E-state index >= 15 is 0 Å². The highest BCUT2D eigenvalue weighted by Gasteiger charge is 2.18. The van der Waals surface area contributed by atoms with Gasteiger partial charge in [0.25, 0.3) is 0 Å². The van der Waals surface area contributed by atoms with Gasteiger partial charge in [0.1, 0.15) is 11.9 Å². The molecule has 0 aromatic heterocycles. The first-order valence-electron chi connectivity index (χ1n) is 6.11. The SMILES string of the molecule is COc1cc(C)cc(C)c1C(O)c1ccc(Cl)cc1. The van der Waals surface area contributed by atoms with Gasteiger partial charge in [-0.05, 0) is 48.7 Å². The molecule has 0 aliphatic heterocycles. The van der Waals surface area contributed by atoms with Crippen molar-refractivity contribution in [3.05, 3.63) is 63.7 Å². The Labute approximate surface area is 118 Å². The quantitative estimate of drug-likeness (QED) is 0.916. The van der Waals surface area contributed by atoms with E-state index < -0.39 is 6.10 Å². The van der Waals surface area contributed by atoms with E-state index in [1.54, 1.807) is 19.2 Å². The second kappa shape index (κ2) is 5.64. The Balaban J connectivity index is 2.49. The van der Waals surface area contributed by atoms with Crippen molar-refractivity contribution in [2.45, 2.75) is 20.0 Å². The Morgan fingerprint density at radius 3 is 2.32 bits per heavy atom. The molecule has 1 unspecified atom stereocenters. The summed E-state index contributed by atoms with van der Waals surface area (Å²) < 4.78 is 5.39. The van der Waals surface area contributed by atoms with Gasteiger partial charge in [-0.15, -0.1) is 0 Å². The predicted octanol–water partition coefficient (Wildman–Crippen LogP) is 4.05. The molecule has 2 aromatic rings. The smallest absolute Gasteiger partial charge is 0.125 e. The van der Waals surface area contributed by atoms with Gasteiger partial charge in [0, 0.05) is 10.6 Å². The van der Waals surface area contributed by atoms with Crippen molar-refractivity contribution in [2.75, 3.05) is 7.11 Å². The molecule has 2 rings (SSSR count). The van der Waals surface area contributed by atoms with E-state index in [1.807, 2.05) is 38.1 Å². The minimum atomic E-state index is -0.715. The highest BCUT2D eigenvalue weighted by atomic mass is 35.5. The summed E-state index contributed by atoms with van der Waals surface area (Å²) in [6.45, 7) is 3.98. The molecule has 0 amide bonds. The van der Waals surface area contributed by atoms with Crippen molar-refractivity contribution in [3.8, 4) is 5.75 Å². The highest BCUT2D eigenvalue weighted by Crippen LogP contribution is 2.34. The molecule has 1 atom stereocenters. The lowest BCUT2D eigenvalue weighted by Gasteiger charge is -2.18. The average Bonchev–Trinajstić information content (AvgIpc) is 2.38. The molecular weight excluding hydrogens is 260 g/mol. The number of hydrogen-bond acceptors (Lipinski definition) is 2. The van der Waals surface area contributed by atoms with Crippen LogP contribution < -0.4 is 4.74 Å². The molecule has 0 saturated carbocycles. The third kappa shape index (κ3) is 2.91. The number of methoxy groups -OCH3 is 1. The van der Waals surface area contributed by atoms with Gasteiger partial charge in [0.15, 0.2) is 0 Å². The second-order valence-corrected chi connectivity index (χ2v) is 5.09. The van der Waals surface area contributed by atoms with E-state index in [-0.39, 0.29) is 0 Å². The fourth-order valence-corrected chi connectivity index (χ4v) is 2.40. The summed E-state index contributed by atoms with van der Waals surface area (Å²) in [7, 11) is 1.62. The van der Waals surface area contributed by atoms with Crippen LogP contribution in [0.15, 0.2) is 36.4 Å². The first kappa shape index (κ1) is 13.9. The van der Waals surface area contributed by atoms with Gasteiger partial charge in [-0.25, -0.2) is 0 Å². The third-order valence-corrected chi connectivity index (χ3v) is 3.42. The maximum Gasteiger partial charge on any atom is 0.125 e. The fourth-order valence-electron chi connectivity index (χ4n) is 2.27. The zero-order valence-electron chi connectivity index (χ0n) is 11.3. The molecule has 19 heavy (non-hydrogen) atoms. The predicted molar refractivity (Wildman–Crippen MR) is 78.0 cm³/mol. The number of aryl methyl sites for hydroxylation is 2. The number of rotatable bonds is 3. The van der Waals surface area contributed by atoms with E-state index in [0.29, 0.717) is 10.8 Å². The molecule has 100 valence electrons. The van der Waals surface area contributed by atoms with Gasteiger partial charge in [-0.3, -0.25) is 0 Å². The largest absolute Gasteiger partial charge is 0.496 e. The van der Waals surface area contributed by atoms with Crippen molar-refractivity contribution in [2.24, 2.45) is 0 Å². The zero-order chi connectivity index (χ0) is 14.0. The Hall–Kier alpha value is -1.51. The number of hydrogen-bond donors (Lipinski definition) is 1. The zero-order valence-corrected chi connectivity index (χ0v) is 12.0. The van der Waals surface area contributed by atoms with E-state index in [4.69, 9.17) is 16.3 Å². The lowest BCUT2D eigenvalue weighted by Crippen LogP contribution is -2.05. The van der Waals surface area contributed by atoms with E-state index in [0.717, 1.165) is 22.3 Å². The van der Waals surface area contributed by atoms with E-state index in [1.165, 1.54) is 0 Å². The van der Waals surface area contributed by atoms with Crippen LogP contribution >= 0.6 is 11.6 Å². The summed E-state index contributed by atoms with van der Waals surface area (Å²) in [5.74, 6) is 0.708. The standard InChI is InChI=1S/C16H17ClO2/c1-10-8-11(2)15(14(9-10)19-3)16(18)12-4-6-13(17)7-5-12/h4-9,16,18H,1-3H3. The summed E-state index contributed by atoms with van der Waals surface area (Å²) in [5.41, 5.74) is 3.73. The van der Waals surface area contributed by atoms with Crippen LogP contribution in [-0.4, -0.2) is 12.2 Å². The topological polar surface area (TPSA) is 29.5 Å². The van der Waals surface area contributed by atoms with Gasteiger partial charge < -0.3 is 9.84 Å². The Kier molecular flexibility index (Phi) is 4.13. The van der Waals surface area contributed by atoms with Gasteiger partial charge in [-0.2, -0.15) is 0 Å². The molecule has 1 N–H and O–H groups in total. The molecule has 0 saturated heterocycles. The molecule has 0 spiro atoms. The summed E-state index contributed by atoms with van der Waals surface area (Å²) in [6.07, 6.45) is -0.715. The van der Waals surface area contributed by atoms with Crippen molar-refractivity contribution < 1.29 is 9.84 Å². The van der Waals surface area contributed by atoms with Gasteiger partial charge >= 0.3 is 0 Å². The molecule has 0 bridgehead atoms. The lowest BCUT2D eigenvalue weighted by atomic mass is 9.95. The molecule has 0 heterocycles. The first-order chi connectivity index (χ1) is 9.02. The van der Waals surface area contributed by atoms with Crippen LogP contribution in [0.2, 0.25) is 5.02 Å².